The molecule has 1 N–H and O–H groups in total. The molecule has 108 valence electrons. The van der Waals surface area contributed by atoms with Crippen molar-refractivity contribution in [2.75, 3.05) is 6.54 Å². The first-order valence-corrected chi connectivity index (χ1v) is 7.99. The molecule has 3 heterocycles. The van der Waals surface area contributed by atoms with Crippen molar-refractivity contribution in [2.45, 2.75) is 26.1 Å². The van der Waals surface area contributed by atoms with Gasteiger partial charge in [0.2, 0.25) is 0 Å². The van der Waals surface area contributed by atoms with E-state index in [1.54, 1.807) is 11.3 Å². The number of β-amino-alcohol motifs (C(OH)–C–C–N with tert-alkyl or cyclic N) is 1. The van der Waals surface area contributed by atoms with Crippen LogP contribution >= 0.6 is 11.3 Å². The molecule has 1 atom stereocenters. The van der Waals surface area contributed by atoms with Crippen molar-refractivity contribution in [1.82, 2.24) is 14.3 Å². The maximum atomic E-state index is 10.3. The first-order valence-electron chi connectivity index (χ1n) is 7.11. The van der Waals surface area contributed by atoms with Crippen LogP contribution in [0.3, 0.4) is 0 Å². The lowest BCUT2D eigenvalue weighted by atomic mass is 9.97. The zero-order chi connectivity index (χ0) is 14.4. The SMILES string of the molecule is Cc1nc2sccn2c1CN1Cc2ccccc2C(O)C1. The molecule has 2 aromatic heterocycles. The molecule has 0 aliphatic carbocycles. The van der Waals surface area contributed by atoms with Gasteiger partial charge in [-0.25, -0.2) is 4.98 Å². The third-order valence-electron chi connectivity index (χ3n) is 4.17. The summed E-state index contributed by atoms with van der Waals surface area (Å²) in [5.74, 6) is 0. The molecule has 4 nitrogen and oxygen atoms in total. The van der Waals surface area contributed by atoms with Crippen molar-refractivity contribution in [2.24, 2.45) is 0 Å². The predicted octanol–water partition coefficient (Wildman–Crippen LogP) is 2.75. The van der Waals surface area contributed by atoms with E-state index in [0.717, 1.165) is 29.3 Å². The number of aryl methyl sites for hydroxylation is 1. The number of hydrogen-bond acceptors (Lipinski definition) is 4. The molecule has 0 radical (unpaired) electrons. The Hall–Kier alpha value is -1.69. The highest BCUT2D eigenvalue weighted by molar-refractivity contribution is 7.15. The monoisotopic (exact) mass is 299 g/mol. The van der Waals surface area contributed by atoms with E-state index in [9.17, 15) is 5.11 Å². The second kappa shape index (κ2) is 4.94. The van der Waals surface area contributed by atoms with E-state index in [-0.39, 0.29) is 0 Å². The minimum atomic E-state index is -0.402. The van der Waals surface area contributed by atoms with Crippen molar-refractivity contribution >= 4 is 16.3 Å². The molecule has 3 aromatic rings. The summed E-state index contributed by atoms with van der Waals surface area (Å²) >= 11 is 1.66. The molecule has 1 aromatic carbocycles. The zero-order valence-corrected chi connectivity index (χ0v) is 12.7. The first kappa shape index (κ1) is 13.0. The highest BCUT2D eigenvalue weighted by atomic mass is 32.1. The van der Waals surface area contributed by atoms with Crippen LogP contribution in [-0.4, -0.2) is 25.9 Å². The number of aliphatic hydroxyl groups excluding tert-OH is 1. The molecule has 1 aliphatic rings. The van der Waals surface area contributed by atoms with E-state index in [1.807, 2.05) is 18.2 Å². The van der Waals surface area contributed by atoms with Gasteiger partial charge >= 0.3 is 0 Å². The van der Waals surface area contributed by atoms with Gasteiger partial charge in [0.25, 0.3) is 0 Å². The smallest absolute Gasteiger partial charge is 0.194 e. The standard InChI is InChI=1S/C16H17N3OS/c1-11-14(19-6-7-21-16(19)17-11)9-18-8-12-4-2-3-5-13(12)15(20)10-18/h2-7,15,20H,8-10H2,1H3. The molecule has 0 saturated carbocycles. The van der Waals surface area contributed by atoms with Gasteiger partial charge in [0.15, 0.2) is 4.96 Å². The van der Waals surface area contributed by atoms with E-state index in [0.29, 0.717) is 6.54 Å². The topological polar surface area (TPSA) is 40.8 Å². The maximum absolute atomic E-state index is 10.3. The van der Waals surface area contributed by atoms with Crippen LogP contribution in [0.4, 0.5) is 0 Å². The average Bonchev–Trinajstić information content (AvgIpc) is 3.02. The fourth-order valence-electron chi connectivity index (χ4n) is 3.12. The Bertz CT molecular complexity index is 792. The second-order valence-electron chi connectivity index (χ2n) is 5.58. The largest absolute Gasteiger partial charge is 0.387 e. The van der Waals surface area contributed by atoms with Crippen LogP contribution in [0.5, 0.6) is 0 Å². The lowest BCUT2D eigenvalue weighted by molar-refractivity contribution is 0.0872. The highest BCUT2D eigenvalue weighted by Crippen LogP contribution is 2.28. The summed E-state index contributed by atoms with van der Waals surface area (Å²) in [5, 5.41) is 12.4. The minimum absolute atomic E-state index is 0.402. The number of thiazole rings is 1. The average molecular weight is 299 g/mol. The molecule has 0 fully saturated rings. The van der Waals surface area contributed by atoms with Crippen molar-refractivity contribution in [1.29, 1.82) is 0 Å². The Morgan fingerprint density at radius 3 is 3.14 bits per heavy atom. The Morgan fingerprint density at radius 1 is 1.38 bits per heavy atom. The number of rotatable bonds is 2. The van der Waals surface area contributed by atoms with Crippen molar-refractivity contribution in [3.8, 4) is 0 Å². The zero-order valence-electron chi connectivity index (χ0n) is 11.9. The van der Waals surface area contributed by atoms with Crippen LogP contribution in [0.2, 0.25) is 0 Å². The van der Waals surface area contributed by atoms with Gasteiger partial charge in [-0.1, -0.05) is 24.3 Å². The Labute approximate surface area is 127 Å². The van der Waals surface area contributed by atoms with Gasteiger partial charge < -0.3 is 5.11 Å². The van der Waals surface area contributed by atoms with Gasteiger partial charge in [-0.05, 0) is 18.1 Å². The van der Waals surface area contributed by atoms with Crippen molar-refractivity contribution in [3.63, 3.8) is 0 Å². The third kappa shape index (κ3) is 2.18. The summed E-state index contributed by atoms with van der Waals surface area (Å²) < 4.78 is 2.16. The van der Waals surface area contributed by atoms with Crippen LogP contribution in [0.25, 0.3) is 4.96 Å². The molecule has 0 saturated heterocycles. The number of aromatic nitrogens is 2. The van der Waals surface area contributed by atoms with E-state index in [4.69, 9.17) is 0 Å². The predicted molar refractivity (Wildman–Crippen MR) is 83.3 cm³/mol. The molecular weight excluding hydrogens is 282 g/mol. The quantitative estimate of drug-likeness (QED) is 0.791. The normalized spacial score (nSPS) is 19.0. The molecule has 1 aliphatic heterocycles. The summed E-state index contributed by atoms with van der Waals surface area (Å²) in [7, 11) is 0. The molecule has 4 rings (SSSR count). The molecule has 0 amide bonds. The Morgan fingerprint density at radius 2 is 2.24 bits per heavy atom. The van der Waals surface area contributed by atoms with E-state index in [2.05, 4.69) is 38.9 Å². The number of nitrogens with zero attached hydrogens (tertiary/aromatic N) is 3. The van der Waals surface area contributed by atoms with Gasteiger partial charge in [0.05, 0.1) is 17.5 Å². The van der Waals surface area contributed by atoms with Gasteiger partial charge in [-0.2, -0.15) is 0 Å². The highest BCUT2D eigenvalue weighted by Gasteiger charge is 2.24. The lowest BCUT2D eigenvalue weighted by Crippen LogP contribution is -2.33. The third-order valence-corrected chi connectivity index (χ3v) is 4.93. The van der Waals surface area contributed by atoms with Gasteiger partial charge in [-0.15, -0.1) is 11.3 Å². The van der Waals surface area contributed by atoms with Crippen LogP contribution in [0.1, 0.15) is 28.6 Å². The number of benzene rings is 1. The van der Waals surface area contributed by atoms with Crippen molar-refractivity contribution in [3.05, 3.63) is 58.4 Å². The lowest BCUT2D eigenvalue weighted by Gasteiger charge is -2.32. The molecule has 21 heavy (non-hydrogen) atoms. The molecule has 0 bridgehead atoms. The van der Waals surface area contributed by atoms with Crippen LogP contribution in [0.15, 0.2) is 35.8 Å². The van der Waals surface area contributed by atoms with Gasteiger partial charge in [0, 0.05) is 31.2 Å². The van der Waals surface area contributed by atoms with Crippen molar-refractivity contribution < 1.29 is 5.11 Å². The van der Waals surface area contributed by atoms with E-state index < -0.39 is 6.10 Å². The number of fused-ring (bicyclic) bond motifs is 2. The summed E-state index contributed by atoms with van der Waals surface area (Å²) in [6, 6.07) is 8.16. The van der Waals surface area contributed by atoms with Crippen LogP contribution in [0, 0.1) is 6.92 Å². The summed E-state index contributed by atoms with van der Waals surface area (Å²) in [6.07, 6.45) is 1.67. The number of hydrogen-bond donors (Lipinski definition) is 1. The molecule has 1 unspecified atom stereocenters. The Kier molecular flexibility index (Phi) is 3.06. The summed E-state index contributed by atoms with van der Waals surface area (Å²) in [5.41, 5.74) is 4.59. The van der Waals surface area contributed by atoms with Gasteiger partial charge in [-0.3, -0.25) is 9.30 Å². The number of aliphatic hydroxyl groups is 1. The molecular formula is C16H17N3OS. The van der Waals surface area contributed by atoms with Crippen LogP contribution in [-0.2, 0) is 13.1 Å². The fraction of sp³-hybridized carbons (Fsp3) is 0.312. The molecule has 5 heteroatoms. The van der Waals surface area contributed by atoms with Gasteiger partial charge in [0.1, 0.15) is 0 Å². The number of imidazole rings is 1. The first-order chi connectivity index (χ1) is 10.2. The van der Waals surface area contributed by atoms with E-state index >= 15 is 0 Å². The summed E-state index contributed by atoms with van der Waals surface area (Å²) in [6.45, 7) is 4.43. The Balaban J connectivity index is 1.64. The maximum Gasteiger partial charge on any atom is 0.194 e. The van der Waals surface area contributed by atoms with Crippen LogP contribution < -0.4 is 0 Å². The second-order valence-corrected chi connectivity index (χ2v) is 6.46. The molecule has 0 spiro atoms. The fourth-order valence-corrected chi connectivity index (χ4v) is 3.89. The summed E-state index contributed by atoms with van der Waals surface area (Å²) in [4.78, 5) is 7.93. The minimum Gasteiger partial charge on any atom is -0.387 e. The van der Waals surface area contributed by atoms with E-state index in [1.165, 1.54) is 11.3 Å².